The molecule has 0 atom stereocenters. The van der Waals surface area contributed by atoms with Gasteiger partial charge in [-0.25, -0.2) is 27.3 Å². The van der Waals surface area contributed by atoms with Gasteiger partial charge in [-0.3, -0.25) is 0 Å². The summed E-state index contributed by atoms with van der Waals surface area (Å²) in [4.78, 5) is 3.00. The molecule has 5 nitrogen and oxygen atoms in total. The van der Waals surface area contributed by atoms with Gasteiger partial charge in [-0.15, -0.1) is 0 Å². The summed E-state index contributed by atoms with van der Waals surface area (Å²) in [6.45, 7) is 0. The van der Waals surface area contributed by atoms with E-state index in [9.17, 15) is 17.2 Å². The first-order chi connectivity index (χ1) is 7.27. The summed E-state index contributed by atoms with van der Waals surface area (Å²) >= 11 is 1.56. The number of hydrogen-bond acceptors (Lipinski definition) is 4. The van der Waals surface area contributed by atoms with Crippen molar-refractivity contribution < 1.29 is 21.9 Å². The smallest absolute Gasteiger partial charge is 0.281 e. The van der Waals surface area contributed by atoms with E-state index in [1.165, 1.54) is 0 Å². The van der Waals surface area contributed by atoms with Crippen LogP contribution in [0.4, 0.5) is 8.78 Å². The molecule has 0 aliphatic carbocycles. The molecule has 0 unspecified atom stereocenters. The Bertz CT molecular complexity index is 507. The average Bonchev–Trinajstić information content (AvgIpc) is 2.15. The molecular formula is C7H7F2IN2O3S. The Morgan fingerprint density at radius 3 is 2.50 bits per heavy atom. The van der Waals surface area contributed by atoms with Crippen LogP contribution < -0.4 is 9.88 Å². The van der Waals surface area contributed by atoms with Gasteiger partial charge in [-0.2, -0.15) is 0 Å². The van der Waals surface area contributed by atoms with E-state index in [0.29, 0.717) is 0 Å². The molecule has 0 bridgehead atoms. The Morgan fingerprint density at radius 1 is 1.56 bits per heavy atom. The molecule has 0 saturated heterocycles. The molecule has 1 aromatic rings. The zero-order valence-corrected chi connectivity index (χ0v) is 10.9. The van der Waals surface area contributed by atoms with Crippen LogP contribution in [0.2, 0.25) is 0 Å². The van der Waals surface area contributed by atoms with Crippen molar-refractivity contribution in [3.05, 3.63) is 15.3 Å². The molecule has 0 radical (unpaired) electrons. The zero-order valence-electron chi connectivity index (χ0n) is 7.95. The minimum absolute atomic E-state index is 0.0115. The largest absolute Gasteiger partial charge is 0.480 e. The highest BCUT2D eigenvalue weighted by atomic mass is 127. The summed E-state index contributed by atoms with van der Waals surface area (Å²) in [5.74, 6) is -0.432. The van der Waals surface area contributed by atoms with Gasteiger partial charge in [-0.05, 0) is 28.7 Å². The van der Waals surface area contributed by atoms with Gasteiger partial charge < -0.3 is 4.74 Å². The van der Waals surface area contributed by atoms with E-state index >= 15 is 0 Å². The summed E-state index contributed by atoms with van der Waals surface area (Å²) in [7, 11) is -2.92. The van der Waals surface area contributed by atoms with Crippen LogP contribution in [-0.4, -0.2) is 20.5 Å². The van der Waals surface area contributed by atoms with E-state index < -0.39 is 32.9 Å². The van der Waals surface area contributed by atoms with Crippen molar-refractivity contribution in [2.75, 3.05) is 7.11 Å². The highest BCUT2D eigenvalue weighted by molar-refractivity contribution is 14.1. The van der Waals surface area contributed by atoms with Crippen molar-refractivity contribution in [1.82, 2.24) is 4.98 Å². The molecule has 0 amide bonds. The Morgan fingerprint density at radius 2 is 2.12 bits per heavy atom. The molecule has 1 rings (SSSR count). The van der Waals surface area contributed by atoms with E-state index in [-0.39, 0.29) is 3.57 Å². The molecule has 0 aromatic carbocycles. The first-order valence-corrected chi connectivity index (χ1v) is 6.45. The normalized spacial score (nSPS) is 11.9. The first kappa shape index (κ1) is 13.5. The number of aromatic nitrogens is 1. The SMILES string of the molecule is COc1nc(C(F)F)c(I)cc1S(N)(=O)=O. The van der Waals surface area contributed by atoms with E-state index in [2.05, 4.69) is 9.72 Å². The number of rotatable bonds is 3. The molecule has 0 aliphatic rings. The van der Waals surface area contributed by atoms with Gasteiger partial charge in [0.1, 0.15) is 10.6 Å². The van der Waals surface area contributed by atoms with Crippen molar-refractivity contribution in [3.8, 4) is 5.88 Å². The molecule has 0 fully saturated rings. The minimum atomic E-state index is -4.05. The maximum absolute atomic E-state index is 12.5. The number of methoxy groups -OCH3 is 1. The van der Waals surface area contributed by atoms with Gasteiger partial charge in [0.05, 0.1) is 7.11 Å². The predicted octanol–water partition coefficient (Wildman–Crippen LogP) is 1.28. The highest BCUT2D eigenvalue weighted by Crippen LogP contribution is 2.29. The number of primary sulfonamides is 1. The molecule has 1 heterocycles. The van der Waals surface area contributed by atoms with Crippen molar-refractivity contribution in [1.29, 1.82) is 0 Å². The number of nitrogens with two attached hydrogens (primary N) is 1. The lowest BCUT2D eigenvalue weighted by Gasteiger charge is -2.09. The third kappa shape index (κ3) is 2.77. The second-order valence-corrected chi connectivity index (χ2v) is 5.40. The van der Waals surface area contributed by atoms with Gasteiger partial charge in [0.25, 0.3) is 6.43 Å². The van der Waals surface area contributed by atoms with E-state index in [4.69, 9.17) is 5.14 Å². The Labute approximate surface area is 104 Å². The topological polar surface area (TPSA) is 82.3 Å². The van der Waals surface area contributed by atoms with Crippen molar-refractivity contribution in [2.45, 2.75) is 11.3 Å². The second kappa shape index (κ2) is 4.75. The summed E-state index contributed by atoms with van der Waals surface area (Å²) in [5.41, 5.74) is -0.537. The maximum atomic E-state index is 12.5. The monoisotopic (exact) mass is 364 g/mol. The fraction of sp³-hybridized carbons (Fsp3) is 0.286. The second-order valence-electron chi connectivity index (χ2n) is 2.71. The zero-order chi connectivity index (χ0) is 12.5. The van der Waals surface area contributed by atoms with Crippen molar-refractivity contribution in [3.63, 3.8) is 0 Å². The minimum Gasteiger partial charge on any atom is -0.480 e. The first-order valence-electron chi connectivity index (χ1n) is 3.82. The molecule has 16 heavy (non-hydrogen) atoms. The molecule has 1 aromatic heterocycles. The molecular weight excluding hydrogens is 357 g/mol. The Balaban J connectivity index is 3.51. The summed E-state index contributed by atoms with van der Waals surface area (Å²) in [6, 6.07) is 1.00. The molecule has 0 spiro atoms. The number of pyridine rings is 1. The maximum Gasteiger partial charge on any atom is 0.281 e. The van der Waals surface area contributed by atoms with Crippen molar-refractivity contribution >= 4 is 32.6 Å². The molecule has 9 heteroatoms. The van der Waals surface area contributed by atoms with Crippen molar-refractivity contribution in [2.24, 2.45) is 5.14 Å². The number of ether oxygens (including phenoxy) is 1. The van der Waals surface area contributed by atoms with Crippen LogP contribution in [0, 0.1) is 3.57 Å². The van der Waals surface area contributed by atoms with Gasteiger partial charge in [0, 0.05) is 3.57 Å². The fourth-order valence-corrected chi connectivity index (χ4v) is 2.50. The molecule has 2 N–H and O–H groups in total. The van der Waals surface area contributed by atoms with E-state index in [1.54, 1.807) is 22.6 Å². The number of sulfonamides is 1. The summed E-state index contributed by atoms with van der Waals surface area (Å²) < 4.78 is 51.8. The number of nitrogens with zero attached hydrogens (tertiary/aromatic N) is 1. The summed E-state index contributed by atoms with van der Waals surface area (Å²) in [6.07, 6.45) is -2.81. The highest BCUT2D eigenvalue weighted by Gasteiger charge is 2.23. The number of hydrogen-bond donors (Lipinski definition) is 1. The standard InChI is InChI=1S/C7H7F2IN2O3S/c1-15-7-4(16(11,13)14)2-3(10)5(12-7)6(8)9/h2,6H,1H3,(H2,11,13,14). The van der Waals surface area contributed by atoms with Gasteiger partial charge >= 0.3 is 0 Å². The van der Waals surface area contributed by atoms with Gasteiger partial charge in [-0.1, -0.05) is 0 Å². The quantitative estimate of drug-likeness (QED) is 0.820. The molecule has 90 valence electrons. The van der Waals surface area contributed by atoms with Gasteiger partial charge in [0.15, 0.2) is 0 Å². The lowest BCUT2D eigenvalue weighted by atomic mass is 10.3. The average molecular weight is 364 g/mol. The lowest BCUT2D eigenvalue weighted by molar-refractivity contribution is 0.143. The number of halogens is 3. The molecule has 0 aliphatic heterocycles. The Kier molecular flexibility index (Phi) is 4.02. The van der Waals surface area contributed by atoms with Crippen LogP contribution in [0.25, 0.3) is 0 Å². The lowest BCUT2D eigenvalue weighted by Crippen LogP contribution is -2.15. The molecule has 0 saturated carbocycles. The van der Waals surface area contributed by atoms with Crippen LogP contribution in [0.15, 0.2) is 11.0 Å². The van der Waals surface area contributed by atoms with E-state index in [1.807, 2.05) is 0 Å². The Hall–Kier alpha value is -0.550. The fourth-order valence-electron chi connectivity index (χ4n) is 0.972. The number of alkyl halides is 2. The van der Waals surface area contributed by atoms with Crippen LogP contribution in [0.3, 0.4) is 0 Å². The summed E-state index contributed by atoms with van der Waals surface area (Å²) in [5, 5.41) is 4.89. The predicted molar refractivity (Wildman–Crippen MR) is 59.8 cm³/mol. The van der Waals surface area contributed by atoms with Crippen LogP contribution in [0.1, 0.15) is 12.1 Å². The third-order valence-corrected chi connectivity index (χ3v) is 3.41. The van der Waals surface area contributed by atoms with E-state index in [0.717, 1.165) is 13.2 Å². The van der Waals surface area contributed by atoms with Crippen LogP contribution >= 0.6 is 22.6 Å². The van der Waals surface area contributed by atoms with Crippen LogP contribution in [-0.2, 0) is 10.0 Å². The third-order valence-electron chi connectivity index (χ3n) is 1.64. The van der Waals surface area contributed by atoms with Gasteiger partial charge in [0.2, 0.25) is 15.9 Å². The van der Waals surface area contributed by atoms with Crippen LogP contribution in [0.5, 0.6) is 5.88 Å².